The lowest BCUT2D eigenvalue weighted by atomic mass is 10.2. The number of rotatable bonds is 3. The van der Waals surface area contributed by atoms with Crippen LogP contribution in [0.3, 0.4) is 0 Å². The van der Waals surface area contributed by atoms with Gasteiger partial charge in [-0.3, -0.25) is 4.68 Å². The molecule has 1 N–H and O–H groups in total. The monoisotopic (exact) mass is 338 g/mol. The molecule has 0 unspecified atom stereocenters. The second-order valence-electron chi connectivity index (χ2n) is 4.14. The summed E-state index contributed by atoms with van der Waals surface area (Å²) < 4.78 is 2.51. The summed E-state index contributed by atoms with van der Waals surface area (Å²) in [5, 5.41) is 17.0. The second kappa shape index (κ2) is 5.64. The largest absolute Gasteiger partial charge is 0.380 e. The number of anilines is 1. The van der Waals surface area contributed by atoms with Gasteiger partial charge < -0.3 is 5.32 Å². The second-order valence-corrected chi connectivity index (χ2v) is 5.35. The molecule has 0 radical (unpaired) electrons. The fourth-order valence-electron chi connectivity index (χ4n) is 1.79. The zero-order valence-corrected chi connectivity index (χ0v) is 12.9. The average Bonchev–Trinajstić information content (AvgIpc) is 2.62. The fourth-order valence-corrected chi connectivity index (χ4v) is 2.55. The third-order valence-corrected chi connectivity index (χ3v) is 3.95. The van der Waals surface area contributed by atoms with Crippen LogP contribution in [0.25, 0.3) is 0 Å². The number of benzene rings is 1. The first kappa shape index (κ1) is 13.9. The van der Waals surface area contributed by atoms with Crippen LogP contribution in [0.1, 0.15) is 16.8 Å². The van der Waals surface area contributed by atoms with Crippen molar-refractivity contribution in [1.82, 2.24) is 9.78 Å². The van der Waals surface area contributed by atoms with Crippen LogP contribution in [0.5, 0.6) is 0 Å². The van der Waals surface area contributed by atoms with E-state index in [2.05, 4.69) is 32.4 Å². The van der Waals surface area contributed by atoms with Crippen LogP contribution in [-0.2, 0) is 13.6 Å². The highest BCUT2D eigenvalue weighted by Crippen LogP contribution is 2.25. The maximum absolute atomic E-state index is 8.82. The number of nitrogens with one attached hydrogen (secondary N) is 1. The number of aromatic nitrogens is 2. The van der Waals surface area contributed by atoms with E-state index in [-0.39, 0.29) is 0 Å². The van der Waals surface area contributed by atoms with Crippen molar-refractivity contribution in [3.63, 3.8) is 0 Å². The molecule has 6 heteroatoms. The van der Waals surface area contributed by atoms with Crippen molar-refractivity contribution in [2.75, 3.05) is 5.32 Å². The van der Waals surface area contributed by atoms with Gasteiger partial charge in [-0.05, 0) is 41.1 Å². The van der Waals surface area contributed by atoms with E-state index in [9.17, 15) is 0 Å². The molecule has 0 spiro atoms. The molecule has 0 aliphatic heterocycles. The van der Waals surface area contributed by atoms with Gasteiger partial charge in [0.2, 0.25) is 0 Å². The summed E-state index contributed by atoms with van der Waals surface area (Å²) in [4.78, 5) is 0. The molecule has 98 valence electrons. The Hall–Kier alpha value is -1.51. The molecule has 0 aliphatic rings. The highest BCUT2D eigenvalue weighted by atomic mass is 79.9. The summed E-state index contributed by atoms with van der Waals surface area (Å²) in [6.07, 6.45) is 0. The number of halogens is 2. The molecule has 0 bridgehead atoms. The Kier molecular flexibility index (Phi) is 4.13. The van der Waals surface area contributed by atoms with Gasteiger partial charge in [0.15, 0.2) is 0 Å². The zero-order chi connectivity index (χ0) is 14.0. The molecule has 19 heavy (non-hydrogen) atoms. The number of aryl methyl sites for hydroxylation is 2. The van der Waals surface area contributed by atoms with E-state index in [1.807, 2.05) is 20.0 Å². The Balaban J connectivity index is 2.17. The summed E-state index contributed by atoms with van der Waals surface area (Å²) in [7, 11) is 1.82. The number of nitriles is 1. The predicted molar refractivity (Wildman–Crippen MR) is 79.1 cm³/mol. The van der Waals surface area contributed by atoms with Gasteiger partial charge in [0.05, 0.1) is 17.3 Å². The lowest BCUT2D eigenvalue weighted by Crippen LogP contribution is -2.01. The van der Waals surface area contributed by atoms with E-state index in [4.69, 9.17) is 16.9 Å². The lowest BCUT2D eigenvalue weighted by Gasteiger charge is -2.08. The molecule has 2 rings (SSSR count). The molecule has 0 aliphatic carbocycles. The summed E-state index contributed by atoms with van der Waals surface area (Å²) >= 11 is 9.61. The third-order valence-electron chi connectivity index (χ3n) is 2.82. The molecular formula is C13H12BrClN4. The standard InChI is InChI=1S/C13H12BrClN4/c1-8-10(13(15)19(2)18-8)7-17-12-4-3-9(6-16)5-11(12)14/h3-5,17H,7H2,1-2H3. The normalized spacial score (nSPS) is 10.3. The lowest BCUT2D eigenvalue weighted by molar-refractivity contribution is 0.757. The number of nitrogens with zero attached hydrogens (tertiary/aromatic N) is 3. The molecule has 1 aromatic carbocycles. The highest BCUT2D eigenvalue weighted by molar-refractivity contribution is 9.10. The van der Waals surface area contributed by atoms with Crippen molar-refractivity contribution in [3.8, 4) is 6.07 Å². The van der Waals surface area contributed by atoms with E-state index in [1.165, 1.54) is 0 Å². The molecule has 0 atom stereocenters. The Morgan fingerprint density at radius 3 is 2.79 bits per heavy atom. The van der Waals surface area contributed by atoms with Gasteiger partial charge >= 0.3 is 0 Å². The third kappa shape index (κ3) is 2.91. The molecule has 0 saturated carbocycles. The van der Waals surface area contributed by atoms with Crippen LogP contribution in [-0.4, -0.2) is 9.78 Å². The minimum Gasteiger partial charge on any atom is -0.380 e. The fraction of sp³-hybridized carbons (Fsp3) is 0.231. The van der Waals surface area contributed by atoms with Gasteiger partial charge in [-0.25, -0.2) is 0 Å². The topological polar surface area (TPSA) is 53.6 Å². The summed E-state index contributed by atoms with van der Waals surface area (Å²) in [6.45, 7) is 2.51. The van der Waals surface area contributed by atoms with Gasteiger partial charge in [0.1, 0.15) is 5.15 Å². The van der Waals surface area contributed by atoms with Crippen LogP contribution in [0.4, 0.5) is 5.69 Å². The zero-order valence-electron chi connectivity index (χ0n) is 10.5. The SMILES string of the molecule is Cc1nn(C)c(Cl)c1CNc1ccc(C#N)cc1Br. The molecule has 0 saturated heterocycles. The molecule has 1 aromatic heterocycles. The van der Waals surface area contributed by atoms with E-state index < -0.39 is 0 Å². The maximum atomic E-state index is 8.82. The van der Waals surface area contributed by atoms with Crippen LogP contribution < -0.4 is 5.32 Å². The molecular weight excluding hydrogens is 328 g/mol. The number of hydrogen-bond acceptors (Lipinski definition) is 3. The Morgan fingerprint density at radius 1 is 1.53 bits per heavy atom. The van der Waals surface area contributed by atoms with Crippen molar-refractivity contribution >= 4 is 33.2 Å². The van der Waals surface area contributed by atoms with Crippen LogP contribution >= 0.6 is 27.5 Å². The minimum absolute atomic E-state index is 0.586. The van der Waals surface area contributed by atoms with E-state index in [0.29, 0.717) is 17.3 Å². The first-order valence-electron chi connectivity index (χ1n) is 5.64. The van der Waals surface area contributed by atoms with Crippen molar-refractivity contribution in [2.24, 2.45) is 7.05 Å². The summed E-state index contributed by atoms with van der Waals surface area (Å²) in [6, 6.07) is 7.51. The first-order chi connectivity index (χ1) is 9.02. The molecule has 0 fully saturated rings. The highest BCUT2D eigenvalue weighted by Gasteiger charge is 2.11. The number of hydrogen-bond donors (Lipinski definition) is 1. The van der Waals surface area contributed by atoms with Gasteiger partial charge in [0.25, 0.3) is 0 Å². The molecule has 4 nitrogen and oxygen atoms in total. The Labute approximate surface area is 125 Å². The Bertz CT molecular complexity index is 657. The van der Waals surface area contributed by atoms with E-state index >= 15 is 0 Å². The summed E-state index contributed by atoms with van der Waals surface area (Å²) in [5.41, 5.74) is 3.41. The molecule has 0 amide bonds. The van der Waals surface area contributed by atoms with Crippen LogP contribution in [0.2, 0.25) is 5.15 Å². The smallest absolute Gasteiger partial charge is 0.131 e. The minimum atomic E-state index is 0.586. The van der Waals surface area contributed by atoms with Crippen LogP contribution in [0.15, 0.2) is 22.7 Å². The van der Waals surface area contributed by atoms with E-state index in [0.717, 1.165) is 21.4 Å². The van der Waals surface area contributed by atoms with E-state index in [1.54, 1.807) is 16.8 Å². The maximum Gasteiger partial charge on any atom is 0.131 e. The van der Waals surface area contributed by atoms with Gasteiger partial charge in [-0.1, -0.05) is 11.6 Å². The first-order valence-corrected chi connectivity index (χ1v) is 6.81. The summed E-state index contributed by atoms with van der Waals surface area (Å²) in [5.74, 6) is 0. The molecule has 2 aromatic rings. The van der Waals surface area contributed by atoms with Gasteiger partial charge in [0, 0.05) is 29.3 Å². The molecule has 1 heterocycles. The van der Waals surface area contributed by atoms with Gasteiger partial charge in [-0.2, -0.15) is 10.4 Å². The van der Waals surface area contributed by atoms with Crippen molar-refractivity contribution in [2.45, 2.75) is 13.5 Å². The average molecular weight is 340 g/mol. The van der Waals surface area contributed by atoms with Crippen LogP contribution in [0, 0.1) is 18.3 Å². The Morgan fingerprint density at radius 2 is 2.26 bits per heavy atom. The quantitative estimate of drug-likeness (QED) is 0.929. The van der Waals surface area contributed by atoms with Crippen molar-refractivity contribution in [3.05, 3.63) is 44.6 Å². The van der Waals surface area contributed by atoms with Gasteiger partial charge in [-0.15, -0.1) is 0 Å². The van der Waals surface area contributed by atoms with Crippen molar-refractivity contribution in [1.29, 1.82) is 5.26 Å². The van der Waals surface area contributed by atoms with Crippen molar-refractivity contribution < 1.29 is 0 Å². The predicted octanol–water partition coefficient (Wildman–Crippen LogP) is 3.63.